The summed E-state index contributed by atoms with van der Waals surface area (Å²) in [5.74, 6) is -0.328. The zero-order valence-corrected chi connectivity index (χ0v) is 27.2. The number of nitrogens with two attached hydrogens (primary N) is 1. The molecule has 0 spiro atoms. The van der Waals surface area contributed by atoms with Gasteiger partial charge in [-0.05, 0) is 60.6 Å². The molecule has 0 saturated carbocycles. The van der Waals surface area contributed by atoms with Gasteiger partial charge in [0.1, 0.15) is 17.4 Å². The second-order valence-corrected chi connectivity index (χ2v) is 13.9. The molecule has 206 valence electrons. The van der Waals surface area contributed by atoms with E-state index in [1.54, 1.807) is 25.2 Å². The number of nitrogens with one attached hydrogen (secondary N) is 1. The van der Waals surface area contributed by atoms with Crippen molar-refractivity contribution in [2.75, 3.05) is 12.8 Å². The first kappa shape index (κ1) is 35.9. The van der Waals surface area contributed by atoms with Gasteiger partial charge in [0.15, 0.2) is 0 Å². The summed E-state index contributed by atoms with van der Waals surface area (Å²) in [5, 5.41) is 2.55. The minimum absolute atomic E-state index is 0.0270. The molecule has 0 aliphatic rings. The molecule has 0 unspecified atom stereocenters. The maximum absolute atomic E-state index is 14.0. The summed E-state index contributed by atoms with van der Waals surface area (Å²) in [4.78, 5) is 25.7. The average molecular weight is 622 g/mol. The quantitative estimate of drug-likeness (QED) is 0.158. The Balaban J connectivity index is 0.000000674. The van der Waals surface area contributed by atoms with Crippen LogP contribution in [-0.4, -0.2) is 24.3 Å². The van der Waals surface area contributed by atoms with E-state index in [9.17, 15) is 18.4 Å². The van der Waals surface area contributed by atoms with Crippen LogP contribution in [0.5, 0.6) is 0 Å². The topological polar surface area (TPSA) is 76.6 Å². The van der Waals surface area contributed by atoms with Gasteiger partial charge in [-0.3, -0.25) is 9.59 Å². The summed E-state index contributed by atoms with van der Waals surface area (Å²) in [5.41, 5.74) is 7.44. The van der Waals surface area contributed by atoms with Gasteiger partial charge in [-0.1, -0.05) is 25.1 Å². The summed E-state index contributed by atoms with van der Waals surface area (Å²) < 4.78 is 27.2. The molecule has 2 rings (SSSR count). The predicted molar refractivity (Wildman–Crippen MR) is 149 cm³/mol. The number of nitrogens with zero attached hydrogens (tertiary/aromatic N) is 1. The molecule has 5 nitrogen and oxygen atoms in total. The zero-order valence-electron chi connectivity index (χ0n) is 22.7. The van der Waals surface area contributed by atoms with Gasteiger partial charge in [0.05, 0.1) is 6.42 Å². The molecule has 0 bridgehead atoms. The number of ketones is 1. The number of Topliss-reactive ketones (excluding diaryl/α,β-unsaturated/α-hetero) is 1. The van der Waals surface area contributed by atoms with Crippen molar-refractivity contribution in [3.8, 4) is 0 Å². The average Bonchev–Trinajstić information content (AvgIpc) is 2.87. The molecule has 1 amide bonds. The third-order valence-corrected chi connectivity index (χ3v) is 5.56. The van der Waals surface area contributed by atoms with Crippen molar-refractivity contribution >= 4 is 36.8 Å². The van der Waals surface area contributed by atoms with E-state index in [2.05, 4.69) is 10.2 Å². The van der Waals surface area contributed by atoms with Gasteiger partial charge in [0.2, 0.25) is 11.4 Å². The Morgan fingerprint density at radius 3 is 2.03 bits per heavy atom. The van der Waals surface area contributed by atoms with Crippen LogP contribution < -0.4 is 11.1 Å². The normalized spacial score (nSPS) is 10.1. The van der Waals surface area contributed by atoms with Crippen LogP contribution in [0.4, 0.5) is 14.5 Å². The number of carbonyl (C=O) groups is 2. The van der Waals surface area contributed by atoms with Gasteiger partial charge in [0, 0.05) is 45.8 Å². The van der Waals surface area contributed by atoms with Crippen molar-refractivity contribution in [1.29, 1.82) is 0 Å². The number of anilines is 1. The SMILES string of the molecule is CCC(=O)CCCc1ccc(N)cc1F.[C-]#[N+]C(C)(C)Cc1ccc(CCCC(=O)NC)c(F)c1.[Cl][Zn][Cl]. The Bertz CT molecular complexity index is 1060. The Kier molecular flexibility index (Phi) is 18.8. The van der Waals surface area contributed by atoms with Crippen LogP contribution in [0.1, 0.15) is 69.6 Å². The van der Waals surface area contributed by atoms with E-state index in [1.165, 1.54) is 12.1 Å². The summed E-state index contributed by atoms with van der Waals surface area (Å²) in [6, 6.07) is 9.81. The summed E-state index contributed by atoms with van der Waals surface area (Å²) >= 11 is -0.931. The van der Waals surface area contributed by atoms with Crippen molar-refractivity contribution in [3.63, 3.8) is 0 Å². The Morgan fingerprint density at radius 2 is 1.55 bits per heavy atom. The fourth-order valence-corrected chi connectivity index (χ4v) is 3.43. The predicted octanol–water partition coefficient (Wildman–Crippen LogP) is 7.22. The van der Waals surface area contributed by atoms with E-state index < -0.39 is 20.7 Å². The number of hydrogen-bond acceptors (Lipinski definition) is 3. The van der Waals surface area contributed by atoms with Crippen LogP contribution in [0.25, 0.3) is 4.85 Å². The van der Waals surface area contributed by atoms with Crippen LogP contribution in [-0.2, 0) is 44.0 Å². The second-order valence-electron chi connectivity index (χ2n) is 9.25. The molecule has 3 N–H and O–H groups in total. The standard InChI is InChI=1S/C16H21FN2O.C12H16FNO.2ClH.Zn/c1-16(2,19-4)11-12-8-9-13(14(17)10-12)6-5-7-15(20)18-3;1-2-11(15)5-3-4-9-6-7-10(14)8-12(9)13;;;/h8-10H,5-7,11H2,1-3H3,(H,18,20);6-8H,2-5,14H2,1H3;2*1H;/q;;;;+2/p-2. The summed E-state index contributed by atoms with van der Waals surface area (Å²) in [6.07, 6.45) is 4.50. The summed E-state index contributed by atoms with van der Waals surface area (Å²) in [6.45, 7) is 12.6. The molecule has 10 heteroatoms. The number of benzene rings is 2. The number of hydrogen-bond donors (Lipinski definition) is 2. The maximum atomic E-state index is 14.0. The molecule has 2 aromatic carbocycles. The van der Waals surface area contributed by atoms with Crippen LogP contribution >= 0.6 is 19.4 Å². The number of nitrogen functional groups attached to an aromatic ring is 1. The molecular weight excluding hydrogens is 585 g/mol. The minimum atomic E-state index is -0.931. The van der Waals surface area contributed by atoms with E-state index in [4.69, 9.17) is 31.7 Å². The second kappa shape index (κ2) is 19.9. The van der Waals surface area contributed by atoms with Gasteiger partial charge in [-0.2, -0.15) is 0 Å². The van der Waals surface area contributed by atoms with Crippen LogP contribution in [0.3, 0.4) is 0 Å². The van der Waals surface area contributed by atoms with Crippen molar-refractivity contribution < 1.29 is 33.5 Å². The van der Waals surface area contributed by atoms with Gasteiger partial charge < -0.3 is 15.9 Å². The Labute approximate surface area is 241 Å². The van der Waals surface area contributed by atoms with E-state index in [0.717, 1.165) is 5.56 Å². The fraction of sp³-hybridized carbons (Fsp3) is 0.464. The number of amides is 1. The molecule has 0 saturated heterocycles. The molecule has 0 atom stereocenters. The third-order valence-electron chi connectivity index (χ3n) is 5.56. The van der Waals surface area contributed by atoms with Crippen LogP contribution in [0, 0.1) is 18.2 Å². The molecule has 0 fully saturated rings. The molecule has 0 aliphatic carbocycles. The third kappa shape index (κ3) is 16.0. The number of carbonyl (C=O) groups excluding carboxylic acids is 2. The van der Waals surface area contributed by atoms with E-state index in [-0.39, 0.29) is 23.3 Å². The first-order chi connectivity index (χ1) is 17.9. The Hall–Kier alpha value is -2.07. The molecule has 0 radical (unpaired) electrons. The number of rotatable bonds is 11. The molecule has 0 aliphatic heterocycles. The molecule has 0 aromatic heterocycles. The first-order valence-electron chi connectivity index (χ1n) is 12.5. The van der Waals surface area contributed by atoms with Crippen molar-refractivity contribution in [2.45, 2.75) is 77.7 Å². The molecular formula is C28H37Cl2F2N3O2Zn. The number of aryl methyl sites for hydroxylation is 2. The van der Waals surface area contributed by atoms with Crippen molar-refractivity contribution in [2.24, 2.45) is 0 Å². The van der Waals surface area contributed by atoms with E-state index in [1.807, 2.05) is 26.8 Å². The first-order valence-corrected chi connectivity index (χ1v) is 20.3. The van der Waals surface area contributed by atoms with Gasteiger partial charge in [-0.15, -0.1) is 0 Å². The molecule has 0 heterocycles. The van der Waals surface area contributed by atoms with Gasteiger partial charge in [0.25, 0.3) is 0 Å². The molecule has 2 aromatic rings. The summed E-state index contributed by atoms with van der Waals surface area (Å²) in [7, 11) is 11.5. The fourth-order valence-electron chi connectivity index (χ4n) is 3.43. The van der Waals surface area contributed by atoms with Gasteiger partial charge >= 0.3 is 34.5 Å². The zero-order chi connectivity index (χ0) is 29.1. The van der Waals surface area contributed by atoms with E-state index >= 15 is 0 Å². The number of halogens is 4. The van der Waals surface area contributed by atoms with Crippen molar-refractivity contribution in [3.05, 3.63) is 76.1 Å². The molecule has 38 heavy (non-hydrogen) atoms. The monoisotopic (exact) mass is 619 g/mol. The van der Waals surface area contributed by atoms with Crippen LogP contribution in [0.15, 0.2) is 36.4 Å². The van der Waals surface area contributed by atoms with Crippen LogP contribution in [0.2, 0.25) is 0 Å². The van der Waals surface area contributed by atoms with E-state index in [0.29, 0.717) is 68.2 Å². The Morgan fingerprint density at radius 1 is 1.03 bits per heavy atom. The van der Waals surface area contributed by atoms with Crippen molar-refractivity contribution in [1.82, 2.24) is 5.32 Å². The van der Waals surface area contributed by atoms with Gasteiger partial charge in [-0.25, -0.2) is 15.4 Å².